The van der Waals surface area contributed by atoms with Gasteiger partial charge >= 0.3 is 12.0 Å². The number of nitrogens with one attached hydrogen (secondary N) is 4. The maximum atomic E-state index is 13.3. The molecule has 1 unspecified atom stereocenters. The third-order valence-electron chi connectivity index (χ3n) is 6.10. The van der Waals surface area contributed by atoms with Crippen molar-refractivity contribution in [2.24, 2.45) is 0 Å². The summed E-state index contributed by atoms with van der Waals surface area (Å²) in [6.45, 7) is 0. The van der Waals surface area contributed by atoms with Crippen molar-refractivity contribution in [2.45, 2.75) is 17.4 Å². The molecule has 2 amide bonds. The molecule has 202 valence electrons. The first kappa shape index (κ1) is 26.6. The predicted molar refractivity (Wildman–Crippen MR) is 152 cm³/mol. The minimum absolute atomic E-state index is 0.0164. The largest absolute Gasteiger partial charge is 0.481 e. The fourth-order valence-electron chi connectivity index (χ4n) is 4.24. The molecule has 0 saturated carbocycles. The lowest BCUT2D eigenvalue weighted by molar-refractivity contribution is -0.137. The second kappa shape index (κ2) is 11.4. The van der Waals surface area contributed by atoms with Crippen molar-refractivity contribution in [3.8, 4) is 11.1 Å². The molecule has 4 aromatic carbocycles. The summed E-state index contributed by atoms with van der Waals surface area (Å²) in [4.78, 5) is 31.3. The number of hydrogen-bond donors (Lipinski definition) is 5. The van der Waals surface area contributed by atoms with Gasteiger partial charge in [0.2, 0.25) is 16.0 Å². The molecule has 40 heavy (non-hydrogen) atoms. The fourth-order valence-corrected chi connectivity index (χ4v) is 5.51. The zero-order valence-corrected chi connectivity index (χ0v) is 21.9. The van der Waals surface area contributed by atoms with Gasteiger partial charge in [-0.05, 0) is 53.1 Å². The second-order valence-electron chi connectivity index (χ2n) is 8.97. The van der Waals surface area contributed by atoms with E-state index in [-0.39, 0.29) is 4.90 Å². The van der Waals surface area contributed by atoms with Crippen LogP contribution in [0.5, 0.6) is 0 Å². The molecule has 5 rings (SSSR count). The minimum atomic E-state index is -4.06. The van der Waals surface area contributed by atoms with Gasteiger partial charge in [0.15, 0.2) is 0 Å². The number of H-pyrrole nitrogens is 1. The number of carbonyl (C=O) groups is 2. The van der Waals surface area contributed by atoms with E-state index in [2.05, 4.69) is 25.3 Å². The maximum Gasteiger partial charge on any atom is 0.326 e. The van der Waals surface area contributed by atoms with Gasteiger partial charge in [0.1, 0.15) is 0 Å². The molecule has 1 aromatic heterocycles. The number of carbonyl (C=O) groups excluding carboxylic acids is 1. The highest BCUT2D eigenvalue weighted by Gasteiger charge is 2.24. The number of imidazole rings is 1. The number of benzene rings is 4. The highest BCUT2D eigenvalue weighted by Crippen LogP contribution is 2.27. The number of aromatic amines is 1. The topological polar surface area (TPSA) is 153 Å². The van der Waals surface area contributed by atoms with E-state index >= 15 is 0 Å². The van der Waals surface area contributed by atoms with E-state index in [0.717, 1.165) is 11.0 Å². The molecule has 0 bridgehead atoms. The number of fused-ring (bicyclic) bond motifs is 1. The molecular formula is C29H25N5O5S. The first-order valence-electron chi connectivity index (χ1n) is 12.3. The Labute approximate surface area is 230 Å². The lowest BCUT2D eigenvalue weighted by Gasteiger charge is -2.18. The lowest BCUT2D eigenvalue weighted by atomic mass is 10.1. The number of anilines is 2. The van der Waals surface area contributed by atoms with E-state index in [1.165, 1.54) is 12.1 Å². The van der Waals surface area contributed by atoms with Crippen LogP contribution in [0.3, 0.4) is 0 Å². The van der Waals surface area contributed by atoms with Gasteiger partial charge < -0.3 is 15.4 Å². The quantitative estimate of drug-likeness (QED) is 0.165. The molecule has 0 radical (unpaired) electrons. The van der Waals surface area contributed by atoms with E-state index < -0.39 is 34.5 Å². The Kier molecular flexibility index (Phi) is 7.58. The summed E-state index contributed by atoms with van der Waals surface area (Å²) >= 11 is 0. The van der Waals surface area contributed by atoms with Crippen LogP contribution in [0, 0.1) is 0 Å². The van der Waals surface area contributed by atoms with Gasteiger partial charge in [-0.3, -0.25) is 10.1 Å². The minimum Gasteiger partial charge on any atom is -0.481 e. The molecule has 0 aliphatic heterocycles. The molecule has 0 aliphatic rings. The number of aliphatic carboxylic acids is 1. The van der Waals surface area contributed by atoms with Gasteiger partial charge in [0, 0.05) is 5.69 Å². The number of urea groups is 1. The first-order chi connectivity index (χ1) is 19.3. The first-order valence-corrected chi connectivity index (χ1v) is 13.8. The summed E-state index contributed by atoms with van der Waals surface area (Å²) in [5.74, 6) is -0.823. The van der Waals surface area contributed by atoms with Crippen molar-refractivity contribution in [2.75, 3.05) is 10.6 Å². The summed E-state index contributed by atoms with van der Waals surface area (Å²) < 4.78 is 29.0. The molecule has 1 heterocycles. The van der Waals surface area contributed by atoms with Crippen LogP contribution in [0.1, 0.15) is 18.0 Å². The van der Waals surface area contributed by atoms with Crippen LogP contribution >= 0.6 is 0 Å². The summed E-state index contributed by atoms with van der Waals surface area (Å²) in [5.41, 5.74) is 3.82. The number of carboxylic acid groups (broad SMARTS) is 1. The van der Waals surface area contributed by atoms with Crippen LogP contribution in [0.25, 0.3) is 22.2 Å². The molecule has 10 nitrogen and oxygen atoms in total. The Hall–Kier alpha value is -5.00. The van der Waals surface area contributed by atoms with Gasteiger partial charge in [-0.1, -0.05) is 66.7 Å². The molecule has 1 atom stereocenters. The average Bonchev–Trinajstić information content (AvgIpc) is 3.35. The Balaban J connectivity index is 1.33. The molecular weight excluding hydrogens is 530 g/mol. The van der Waals surface area contributed by atoms with Gasteiger partial charge in [0.25, 0.3) is 0 Å². The third kappa shape index (κ3) is 6.34. The van der Waals surface area contributed by atoms with Gasteiger partial charge in [-0.15, -0.1) is 0 Å². The zero-order valence-electron chi connectivity index (χ0n) is 21.0. The van der Waals surface area contributed by atoms with Crippen LogP contribution < -0.4 is 15.4 Å². The smallest absolute Gasteiger partial charge is 0.326 e. The highest BCUT2D eigenvalue weighted by atomic mass is 32.2. The molecule has 0 fully saturated rings. The Bertz CT molecular complexity index is 1750. The van der Waals surface area contributed by atoms with Crippen molar-refractivity contribution in [1.29, 1.82) is 0 Å². The number of hydrogen-bond acceptors (Lipinski definition) is 5. The monoisotopic (exact) mass is 555 g/mol. The van der Waals surface area contributed by atoms with Crippen LogP contribution in [-0.2, 0) is 14.8 Å². The normalized spacial score (nSPS) is 12.1. The van der Waals surface area contributed by atoms with Crippen molar-refractivity contribution >= 4 is 44.7 Å². The molecule has 5 aromatic rings. The Morgan fingerprint density at radius 3 is 2.27 bits per heavy atom. The highest BCUT2D eigenvalue weighted by molar-refractivity contribution is 7.89. The number of carboxylic acids is 1. The summed E-state index contributed by atoms with van der Waals surface area (Å²) in [6.07, 6.45) is -0.410. The van der Waals surface area contributed by atoms with Crippen LogP contribution in [-0.4, -0.2) is 35.5 Å². The number of amides is 2. The molecule has 5 N–H and O–H groups in total. The van der Waals surface area contributed by atoms with Crippen LogP contribution in [0.2, 0.25) is 0 Å². The number of rotatable bonds is 9. The average molecular weight is 556 g/mol. The molecule has 11 heteroatoms. The van der Waals surface area contributed by atoms with Gasteiger partial charge in [-0.2, -0.15) is 0 Å². The molecule has 0 aliphatic carbocycles. The number of para-hydroxylation sites is 2. The number of sulfonamides is 1. The molecule has 0 spiro atoms. The van der Waals surface area contributed by atoms with E-state index in [1.807, 2.05) is 24.3 Å². The van der Waals surface area contributed by atoms with E-state index in [1.54, 1.807) is 66.7 Å². The number of nitrogens with zero attached hydrogens (tertiary/aromatic N) is 1. The van der Waals surface area contributed by atoms with E-state index in [0.29, 0.717) is 28.3 Å². The van der Waals surface area contributed by atoms with Gasteiger partial charge in [-0.25, -0.2) is 22.9 Å². The zero-order chi connectivity index (χ0) is 28.1. The lowest BCUT2D eigenvalue weighted by Crippen LogP contribution is -2.30. The predicted octanol–water partition coefficient (Wildman–Crippen LogP) is 5.37. The van der Waals surface area contributed by atoms with E-state index in [9.17, 15) is 23.1 Å². The van der Waals surface area contributed by atoms with Crippen molar-refractivity contribution < 1.29 is 23.1 Å². The Morgan fingerprint density at radius 1 is 0.825 bits per heavy atom. The summed E-state index contributed by atoms with van der Waals surface area (Å²) in [7, 11) is -4.06. The maximum absolute atomic E-state index is 13.3. The van der Waals surface area contributed by atoms with Crippen molar-refractivity contribution in [3.05, 3.63) is 109 Å². The van der Waals surface area contributed by atoms with E-state index in [4.69, 9.17) is 0 Å². The summed E-state index contributed by atoms with van der Waals surface area (Å²) in [6, 6.07) is 27.8. The van der Waals surface area contributed by atoms with Crippen molar-refractivity contribution in [1.82, 2.24) is 14.7 Å². The number of aromatic nitrogens is 2. The van der Waals surface area contributed by atoms with Crippen molar-refractivity contribution in [3.63, 3.8) is 0 Å². The van der Waals surface area contributed by atoms with Gasteiger partial charge in [0.05, 0.1) is 28.4 Å². The standard InChI is InChI=1S/C29H25N5O5S/c35-27(36)18-26(19-8-2-1-3-9-19)34-40(38,39)23-13-7-11-21(17-23)20-10-6-12-22(16-20)30-29(37)33-28-31-24-14-4-5-15-25(24)32-28/h1-17,26,34H,18H2,(H,35,36)(H3,30,31,32,33,37). The summed E-state index contributed by atoms with van der Waals surface area (Å²) in [5, 5.41) is 14.8. The second-order valence-corrected chi connectivity index (χ2v) is 10.7. The van der Waals surface area contributed by atoms with Crippen LogP contribution in [0.15, 0.2) is 108 Å². The third-order valence-corrected chi connectivity index (χ3v) is 7.57. The Morgan fingerprint density at radius 2 is 1.52 bits per heavy atom. The SMILES string of the molecule is O=C(O)CC(NS(=O)(=O)c1cccc(-c2cccc(NC(=O)Nc3nc4ccccc4[nH]3)c2)c1)c1ccccc1. The fraction of sp³-hybridized carbons (Fsp3) is 0.0690. The van der Waals surface area contributed by atoms with Crippen LogP contribution in [0.4, 0.5) is 16.4 Å². The molecule has 0 saturated heterocycles.